The highest BCUT2D eigenvalue weighted by atomic mass is 16.5. The third-order valence-corrected chi connectivity index (χ3v) is 0.718. The summed E-state index contributed by atoms with van der Waals surface area (Å²) in [6.45, 7) is 3.75. The second-order valence-electron chi connectivity index (χ2n) is 2.02. The van der Waals surface area contributed by atoms with Gasteiger partial charge in [-0.05, 0) is 5.92 Å². The van der Waals surface area contributed by atoms with Crippen molar-refractivity contribution >= 4 is 5.97 Å². The highest BCUT2D eigenvalue weighted by molar-refractivity contribution is 5.81. The summed E-state index contributed by atoms with van der Waals surface area (Å²) >= 11 is 0. The molecule has 0 heterocycles. The Bertz CT molecular complexity index is 182. The van der Waals surface area contributed by atoms with Gasteiger partial charge in [-0.3, -0.25) is 0 Å². The molecule has 0 aliphatic rings. The van der Waals surface area contributed by atoms with Crippen LogP contribution in [0.4, 0.5) is 0 Å². The van der Waals surface area contributed by atoms with Crippen molar-refractivity contribution in [2.75, 3.05) is 7.04 Å². The van der Waals surface area contributed by atoms with Crippen LogP contribution in [0.5, 0.6) is 0 Å². The molecule has 0 unspecified atom stereocenters. The Morgan fingerprint density at radius 1 is 1.78 bits per heavy atom. The molecule has 0 aromatic heterocycles. The highest BCUT2D eigenvalue weighted by Gasteiger charge is 1.90. The molecule has 0 saturated carbocycles. The molecule has 0 aliphatic carbocycles. The molecule has 0 amide bonds. The zero-order valence-corrected chi connectivity index (χ0v) is 5.55. The van der Waals surface area contributed by atoms with E-state index < -0.39 is 13.0 Å². The van der Waals surface area contributed by atoms with Gasteiger partial charge in [0.05, 0.1) is 11.2 Å². The predicted molar refractivity (Wildman–Crippen MR) is 36.0 cm³/mol. The average molecular weight is 131 g/mol. The van der Waals surface area contributed by atoms with Gasteiger partial charge in [-0.1, -0.05) is 19.9 Å². The minimum atomic E-state index is -2.64. The van der Waals surface area contributed by atoms with Crippen LogP contribution in [0.15, 0.2) is 12.2 Å². The molecule has 0 saturated heterocycles. The van der Waals surface area contributed by atoms with Gasteiger partial charge >= 0.3 is 5.97 Å². The molecule has 2 nitrogen and oxygen atoms in total. The molecule has 0 radical (unpaired) electrons. The maximum atomic E-state index is 10.7. The first kappa shape index (κ1) is 4.09. The molecule has 0 N–H and O–H groups in total. The molecule has 0 fully saturated rings. The molecule has 0 bridgehead atoms. The summed E-state index contributed by atoms with van der Waals surface area (Å²) in [4.78, 5) is 10.7. The fraction of sp³-hybridized carbons (Fsp3) is 0.571. The molecule has 0 atom stereocenters. The first-order valence-corrected chi connectivity index (χ1v) is 2.72. The summed E-state index contributed by atoms with van der Waals surface area (Å²) in [5.41, 5.74) is 0. The molecular weight excluding hydrogens is 116 g/mol. The third kappa shape index (κ3) is 5.07. The Labute approximate surface area is 59.7 Å². The average Bonchev–Trinajstić information content (AvgIpc) is 1.79. The van der Waals surface area contributed by atoms with E-state index in [1.54, 1.807) is 6.08 Å². The molecule has 52 valence electrons. The first-order chi connectivity index (χ1) is 5.31. The van der Waals surface area contributed by atoms with Crippen LogP contribution < -0.4 is 0 Å². The first-order valence-electron chi connectivity index (χ1n) is 4.22. The van der Waals surface area contributed by atoms with Crippen molar-refractivity contribution in [3.8, 4) is 0 Å². The van der Waals surface area contributed by atoms with Gasteiger partial charge in [-0.2, -0.15) is 0 Å². The number of hydrogen-bond acceptors (Lipinski definition) is 2. The Morgan fingerprint density at radius 2 is 2.44 bits per heavy atom. The maximum absolute atomic E-state index is 10.7. The van der Waals surface area contributed by atoms with Crippen LogP contribution >= 0.6 is 0 Å². The number of carbonyl (C=O) groups is 1. The van der Waals surface area contributed by atoms with Crippen molar-refractivity contribution in [1.82, 2.24) is 0 Å². The van der Waals surface area contributed by atoms with Gasteiger partial charge in [0, 0.05) is 6.08 Å². The smallest absolute Gasteiger partial charge is 0.330 e. The number of esters is 1. The van der Waals surface area contributed by atoms with Gasteiger partial charge in [0.15, 0.2) is 0 Å². The van der Waals surface area contributed by atoms with Gasteiger partial charge in [0.2, 0.25) is 0 Å². The van der Waals surface area contributed by atoms with E-state index in [0.29, 0.717) is 0 Å². The summed E-state index contributed by atoms with van der Waals surface area (Å²) in [7, 11) is -2.64. The third-order valence-electron chi connectivity index (χ3n) is 0.718. The van der Waals surface area contributed by atoms with Gasteiger partial charge in [-0.25, -0.2) is 4.79 Å². The van der Waals surface area contributed by atoms with Crippen molar-refractivity contribution in [1.29, 1.82) is 0 Å². The van der Waals surface area contributed by atoms with Crippen molar-refractivity contribution in [2.24, 2.45) is 5.92 Å². The van der Waals surface area contributed by atoms with Crippen LogP contribution in [0.3, 0.4) is 0 Å². The monoisotopic (exact) mass is 131 g/mol. The second kappa shape index (κ2) is 4.13. The van der Waals surface area contributed by atoms with E-state index in [9.17, 15) is 4.79 Å². The highest BCUT2D eigenvalue weighted by Crippen LogP contribution is 1.92. The predicted octanol–water partition coefficient (Wildman–Crippen LogP) is 1.37. The number of hydrogen-bond donors (Lipinski definition) is 0. The van der Waals surface area contributed by atoms with Crippen molar-refractivity contribution in [3.05, 3.63) is 12.2 Å². The van der Waals surface area contributed by atoms with E-state index in [1.807, 2.05) is 13.8 Å². The molecule has 2 heteroatoms. The van der Waals surface area contributed by atoms with Gasteiger partial charge in [-0.15, -0.1) is 0 Å². The number of allylic oxidation sites excluding steroid dienone is 1. The number of methoxy groups -OCH3 is 1. The van der Waals surface area contributed by atoms with Crippen LogP contribution in [0, 0.1) is 5.92 Å². The summed E-state index contributed by atoms with van der Waals surface area (Å²) in [5, 5.41) is 0. The fourth-order valence-corrected chi connectivity index (χ4v) is 0.305. The lowest BCUT2D eigenvalue weighted by Crippen LogP contribution is -1.94. The van der Waals surface area contributed by atoms with Crippen LogP contribution in [-0.2, 0) is 9.53 Å². The molecular formula is C7H12O2. The van der Waals surface area contributed by atoms with Crippen molar-refractivity contribution < 1.29 is 13.6 Å². The van der Waals surface area contributed by atoms with E-state index in [4.69, 9.17) is 4.11 Å². The van der Waals surface area contributed by atoms with Crippen molar-refractivity contribution in [2.45, 2.75) is 13.8 Å². The van der Waals surface area contributed by atoms with Crippen LogP contribution in [-0.4, -0.2) is 13.0 Å². The van der Waals surface area contributed by atoms with Crippen LogP contribution in [0.1, 0.15) is 18.0 Å². The Hall–Kier alpha value is -0.790. The normalized spacial score (nSPS) is 17.0. The number of rotatable bonds is 2. The second-order valence-corrected chi connectivity index (χ2v) is 2.02. The molecule has 0 rings (SSSR count). The molecule has 0 aliphatic heterocycles. The van der Waals surface area contributed by atoms with Gasteiger partial charge in [0.1, 0.15) is 0 Å². The molecule has 9 heavy (non-hydrogen) atoms. The summed E-state index contributed by atoms with van der Waals surface area (Å²) < 4.78 is 23.9. The lowest BCUT2D eigenvalue weighted by molar-refractivity contribution is -0.134. The largest absolute Gasteiger partial charge is 0.466 e. The maximum Gasteiger partial charge on any atom is 0.330 e. The van der Waals surface area contributed by atoms with Crippen LogP contribution in [0.2, 0.25) is 0 Å². The standard InChI is InChI=1S/C7H12O2/c1-6(2)4-5-7(8)9-3/h4-6H,1-3H3/b5-4+/i3D3. The summed E-state index contributed by atoms with van der Waals surface area (Å²) in [6.07, 6.45) is 2.70. The summed E-state index contributed by atoms with van der Waals surface area (Å²) in [6, 6.07) is 0. The van der Waals surface area contributed by atoms with Crippen molar-refractivity contribution in [3.63, 3.8) is 0 Å². The molecule has 0 aromatic carbocycles. The SMILES string of the molecule is [2H]C([2H])([2H])OC(=O)/C=C/C(C)C. The van der Waals surface area contributed by atoms with E-state index in [2.05, 4.69) is 4.74 Å². The number of ether oxygens (including phenoxy) is 1. The fourth-order valence-electron chi connectivity index (χ4n) is 0.305. The van der Waals surface area contributed by atoms with E-state index in [1.165, 1.54) is 0 Å². The van der Waals surface area contributed by atoms with Gasteiger partial charge in [0.25, 0.3) is 0 Å². The Kier molecular flexibility index (Phi) is 1.88. The zero-order valence-electron chi connectivity index (χ0n) is 8.55. The van der Waals surface area contributed by atoms with E-state index >= 15 is 0 Å². The minimum Gasteiger partial charge on any atom is -0.466 e. The lowest BCUT2D eigenvalue weighted by atomic mass is 10.2. The minimum absolute atomic E-state index is 0.203. The molecule has 0 aromatic rings. The van der Waals surface area contributed by atoms with Crippen LogP contribution in [0.25, 0.3) is 0 Å². The molecule has 0 spiro atoms. The zero-order chi connectivity index (χ0) is 9.78. The van der Waals surface area contributed by atoms with Gasteiger partial charge < -0.3 is 4.74 Å². The number of carbonyl (C=O) groups excluding carboxylic acids is 1. The van der Waals surface area contributed by atoms with E-state index in [0.717, 1.165) is 6.08 Å². The quantitative estimate of drug-likeness (QED) is 0.418. The topological polar surface area (TPSA) is 26.3 Å². The summed E-state index contributed by atoms with van der Waals surface area (Å²) in [5.74, 6) is -0.627. The Morgan fingerprint density at radius 3 is 2.89 bits per heavy atom. The van der Waals surface area contributed by atoms with E-state index in [-0.39, 0.29) is 5.92 Å². The lowest BCUT2D eigenvalue weighted by Gasteiger charge is -1.92. The Balaban J connectivity index is 3.91.